The van der Waals surface area contributed by atoms with E-state index >= 15 is 0 Å². The molecule has 0 N–H and O–H groups in total. The summed E-state index contributed by atoms with van der Waals surface area (Å²) in [5, 5.41) is 0. The van der Waals surface area contributed by atoms with E-state index < -0.39 is 30.6 Å². The van der Waals surface area contributed by atoms with Crippen LogP contribution in [0.5, 0.6) is 0 Å². The number of methoxy groups -OCH3 is 1. The number of esters is 2. The lowest BCUT2D eigenvalue weighted by atomic mass is 9.59. The maximum Gasteiger partial charge on any atom is 0.490 e. The number of ether oxygens (including phenoxy) is 2. The van der Waals surface area contributed by atoms with Crippen LogP contribution in [-0.4, -0.2) is 45.5 Å². The molecule has 2 aliphatic rings. The number of rotatable bonds is 6. The van der Waals surface area contributed by atoms with E-state index in [9.17, 15) is 9.59 Å². The lowest BCUT2D eigenvalue weighted by Crippen LogP contribution is -2.51. The Bertz CT molecular complexity index is 544. The molecular weight excluding hydrogens is 323 g/mol. The van der Waals surface area contributed by atoms with Crippen LogP contribution in [0.4, 0.5) is 0 Å². The average molecular weight is 352 g/mol. The van der Waals surface area contributed by atoms with Crippen LogP contribution in [0.25, 0.3) is 0 Å². The van der Waals surface area contributed by atoms with Crippen LogP contribution in [0.2, 0.25) is 0 Å². The van der Waals surface area contributed by atoms with Crippen molar-refractivity contribution in [3.8, 4) is 0 Å². The van der Waals surface area contributed by atoms with Gasteiger partial charge in [-0.2, -0.15) is 0 Å². The third-order valence-electron chi connectivity index (χ3n) is 4.91. The molecule has 0 amide bonds. The predicted octanol–water partition coefficient (Wildman–Crippen LogP) is 2.55. The van der Waals surface area contributed by atoms with Crippen molar-refractivity contribution in [2.45, 2.75) is 53.6 Å². The molecule has 1 aliphatic heterocycles. The van der Waals surface area contributed by atoms with E-state index in [1.165, 1.54) is 14.0 Å². The molecule has 25 heavy (non-hydrogen) atoms. The average Bonchev–Trinajstić information content (AvgIpc) is 3.35. The first-order chi connectivity index (χ1) is 11.6. The molecule has 140 valence electrons. The maximum atomic E-state index is 12.7. The molecule has 2 atom stereocenters. The van der Waals surface area contributed by atoms with Crippen molar-refractivity contribution < 1.29 is 28.4 Å². The summed E-state index contributed by atoms with van der Waals surface area (Å²) in [6.45, 7) is 9.94. The Morgan fingerprint density at radius 2 is 1.84 bits per heavy atom. The van der Waals surface area contributed by atoms with Crippen LogP contribution in [-0.2, 0) is 28.4 Å². The van der Waals surface area contributed by atoms with Crippen LogP contribution >= 0.6 is 0 Å². The molecule has 1 saturated carbocycles. The Morgan fingerprint density at radius 3 is 2.28 bits per heavy atom. The molecule has 1 aliphatic carbocycles. The molecule has 7 heteroatoms. The van der Waals surface area contributed by atoms with Gasteiger partial charge in [-0.25, -0.2) is 0 Å². The first kappa shape index (κ1) is 20.0. The van der Waals surface area contributed by atoms with Crippen molar-refractivity contribution in [3.63, 3.8) is 0 Å². The van der Waals surface area contributed by atoms with E-state index in [-0.39, 0.29) is 5.41 Å². The molecule has 0 aromatic heterocycles. The highest BCUT2D eigenvalue weighted by molar-refractivity contribution is 6.55. The largest absolute Gasteiger partial charge is 0.490 e. The van der Waals surface area contributed by atoms with E-state index in [1.54, 1.807) is 13.8 Å². The van der Waals surface area contributed by atoms with Crippen LogP contribution in [0.15, 0.2) is 11.5 Å². The monoisotopic (exact) mass is 352 g/mol. The fourth-order valence-electron chi connectivity index (χ4n) is 2.98. The Hall–Kier alpha value is -1.34. The summed E-state index contributed by atoms with van der Waals surface area (Å²) in [7, 11) is 0.692. The topological polar surface area (TPSA) is 71.1 Å². The second-order valence-electron chi connectivity index (χ2n) is 8.02. The van der Waals surface area contributed by atoms with Gasteiger partial charge in [-0.15, -0.1) is 0 Å². The van der Waals surface area contributed by atoms with Gasteiger partial charge in [0.2, 0.25) is 0 Å². The van der Waals surface area contributed by atoms with Crippen molar-refractivity contribution in [2.24, 2.45) is 16.7 Å². The Labute approximate surface area is 150 Å². The van der Waals surface area contributed by atoms with Crippen LogP contribution in [0.3, 0.4) is 0 Å². The van der Waals surface area contributed by atoms with E-state index in [1.807, 2.05) is 6.08 Å². The number of hydrogen-bond donors (Lipinski definition) is 0. The molecule has 0 aromatic carbocycles. The zero-order valence-corrected chi connectivity index (χ0v) is 16.1. The van der Waals surface area contributed by atoms with Crippen molar-refractivity contribution in [1.82, 2.24) is 0 Å². The minimum Gasteiger partial charge on any atom is -0.468 e. The van der Waals surface area contributed by atoms with Crippen molar-refractivity contribution in [3.05, 3.63) is 11.5 Å². The summed E-state index contributed by atoms with van der Waals surface area (Å²) in [5.41, 5.74) is -0.564. The van der Waals surface area contributed by atoms with Crippen LogP contribution in [0, 0.1) is 16.7 Å². The van der Waals surface area contributed by atoms with Crippen molar-refractivity contribution >= 4 is 19.1 Å². The standard InChI is InChI=1S/C18H29BO6/c1-12(25-13(2)20)18(5,16(21)22-6)15(9-14-7-8-14)19-23-10-17(3,4)11-24-19/h9,12,14H,7-8,10-11H2,1-6H3/b15-9-. The predicted molar refractivity (Wildman–Crippen MR) is 93.6 cm³/mol. The third-order valence-corrected chi connectivity index (χ3v) is 4.91. The minimum atomic E-state index is -1.17. The molecule has 2 fully saturated rings. The zero-order chi connectivity index (χ0) is 18.8. The summed E-state index contributed by atoms with van der Waals surface area (Å²) < 4.78 is 22.3. The van der Waals surface area contributed by atoms with E-state index in [0.717, 1.165) is 12.8 Å². The van der Waals surface area contributed by atoms with Gasteiger partial charge in [0.1, 0.15) is 11.5 Å². The number of hydrogen-bond acceptors (Lipinski definition) is 6. The zero-order valence-electron chi connectivity index (χ0n) is 16.1. The van der Waals surface area contributed by atoms with Gasteiger partial charge in [-0.3, -0.25) is 9.59 Å². The fourth-order valence-corrected chi connectivity index (χ4v) is 2.98. The maximum absolute atomic E-state index is 12.7. The van der Waals surface area contributed by atoms with Crippen molar-refractivity contribution in [2.75, 3.05) is 20.3 Å². The van der Waals surface area contributed by atoms with Gasteiger partial charge < -0.3 is 18.8 Å². The molecule has 0 bridgehead atoms. The number of carbonyl (C=O) groups is 2. The first-order valence-electron chi connectivity index (χ1n) is 8.81. The lowest BCUT2D eigenvalue weighted by Gasteiger charge is -2.40. The van der Waals surface area contributed by atoms with Gasteiger partial charge in [0.15, 0.2) is 0 Å². The molecule has 0 radical (unpaired) electrons. The number of allylic oxidation sites excluding steroid dienone is 1. The van der Waals surface area contributed by atoms with Gasteiger partial charge >= 0.3 is 19.1 Å². The SMILES string of the molecule is COC(=O)C(C)(/C(=C/C1CC1)B1OCC(C)(C)CO1)C(C)OC(C)=O. The third kappa shape index (κ3) is 4.64. The van der Waals surface area contributed by atoms with Crippen LogP contribution in [0.1, 0.15) is 47.5 Å². The summed E-state index contributed by atoms with van der Waals surface area (Å²) in [6, 6.07) is 0. The Kier molecular flexibility index (Phi) is 5.99. The quantitative estimate of drug-likeness (QED) is 0.540. The summed E-state index contributed by atoms with van der Waals surface area (Å²) in [5.74, 6) is -0.518. The smallest absolute Gasteiger partial charge is 0.468 e. The molecule has 2 rings (SSSR count). The van der Waals surface area contributed by atoms with Gasteiger partial charge in [0.05, 0.1) is 7.11 Å². The van der Waals surface area contributed by atoms with Crippen LogP contribution < -0.4 is 0 Å². The molecular formula is C18H29BO6. The van der Waals surface area contributed by atoms with E-state index in [2.05, 4.69) is 13.8 Å². The molecule has 1 heterocycles. The molecule has 0 aromatic rings. The summed E-state index contributed by atoms with van der Waals surface area (Å²) >= 11 is 0. The van der Waals surface area contributed by atoms with Crippen molar-refractivity contribution in [1.29, 1.82) is 0 Å². The summed E-state index contributed by atoms with van der Waals surface area (Å²) in [6.07, 6.45) is 3.48. The van der Waals surface area contributed by atoms with Gasteiger partial charge in [-0.1, -0.05) is 19.9 Å². The molecule has 1 saturated heterocycles. The Balaban J connectivity index is 2.37. The summed E-state index contributed by atoms with van der Waals surface area (Å²) in [4.78, 5) is 24.2. The molecule has 0 spiro atoms. The lowest BCUT2D eigenvalue weighted by molar-refractivity contribution is -0.163. The fraction of sp³-hybridized carbons (Fsp3) is 0.778. The highest BCUT2D eigenvalue weighted by atomic mass is 16.6. The highest BCUT2D eigenvalue weighted by Crippen LogP contribution is 2.42. The second-order valence-corrected chi connectivity index (χ2v) is 8.02. The second kappa shape index (κ2) is 7.50. The molecule has 2 unspecified atom stereocenters. The normalized spacial score (nSPS) is 24.2. The Morgan fingerprint density at radius 1 is 1.28 bits per heavy atom. The number of carbonyl (C=O) groups excluding carboxylic acids is 2. The molecule has 6 nitrogen and oxygen atoms in total. The van der Waals surface area contributed by atoms with E-state index in [0.29, 0.717) is 24.6 Å². The highest BCUT2D eigenvalue weighted by Gasteiger charge is 2.52. The van der Waals surface area contributed by atoms with Gasteiger partial charge in [0.25, 0.3) is 0 Å². The van der Waals surface area contributed by atoms with Gasteiger partial charge in [-0.05, 0) is 38.1 Å². The van der Waals surface area contributed by atoms with Gasteiger partial charge in [0, 0.05) is 25.6 Å². The first-order valence-corrected chi connectivity index (χ1v) is 8.81. The van der Waals surface area contributed by atoms with E-state index in [4.69, 9.17) is 18.8 Å². The minimum absolute atomic E-state index is 0.0790.